The first kappa shape index (κ1) is 7.54. The maximum Gasteiger partial charge on any atom is 0.273 e. The summed E-state index contributed by atoms with van der Waals surface area (Å²) in [5.74, 6) is 0. The summed E-state index contributed by atoms with van der Waals surface area (Å²) in [6.07, 6.45) is 1.62. The molecule has 0 saturated heterocycles. The summed E-state index contributed by atoms with van der Waals surface area (Å²) in [6.45, 7) is 1.85. The van der Waals surface area contributed by atoms with Crippen molar-refractivity contribution in [2.75, 3.05) is 0 Å². The number of hydrogen-bond donors (Lipinski definition) is 2. The summed E-state index contributed by atoms with van der Waals surface area (Å²) in [5, 5.41) is 7.56. The van der Waals surface area contributed by atoms with Crippen LogP contribution in [0, 0.1) is 6.92 Å². The minimum atomic E-state index is -0.160. The van der Waals surface area contributed by atoms with Crippen LogP contribution in [-0.2, 0) is 0 Å². The normalized spacial score (nSPS) is 10.8. The zero-order chi connectivity index (χ0) is 8.72. The van der Waals surface area contributed by atoms with Crippen LogP contribution >= 0.6 is 15.9 Å². The highest BCUT2D eigenvalue weighted by atomic mass is 79.9. The molecule has 0 fully saturated rings. The fourth-order valence-electron chi connectivity index (χ4n) is 1.23. The van der Waals surface area contributed by atoms with Gasteiger partial charge in [0.15, 0.2) is 0 Å². The minimum absolute atomic E-state index is 0.160. The Morgan fingerprint density at radius 2 is 2.33 bits per heavy atom. The lowest BCUT2D eigenvalue weighted by Crippen LogP contribution is -2.06. The topological polar surface area (TPSA) is 61.5 Å². The van der Waals surface area contributed by atoms with Crippen LogP contribution in [0.3, 0.4) is 0 Å². The standard InChI is InChI=1S/C7H6BrN3O/c1-3-5-4(6(8)10-3)2-9-11-7(5)12/h2,10H,1H3,(H,11,12). The van der Waals surface area contributed by atoms with E-state index < -0.39 is 0 Å². The van der Waals surface area contributed by atoms with Gasteiger partial charge in [0.1, 0.15) is 0 Å². The van der Waals surface area contributed by atoms with E-state index in [0.717, 1.165) is 15.7 Å². The first-order valence-corrected chi connectivity index (χ1v) is 4.21. The molecule has 0 bridgehead atoms. The maximum atomic E-state index is 11.3. The highest BCUT2D eigenvalue weighted by molar-refractivity contribution is 9.10. The van der Waals surface area contributed by atoms with Crippen LogP contribution < -0.4 is 5.56 Å². The monoisotopic (exact) mass is 227 g/mol. The molecule has 2 aromatic rings. The quantitative estimate of drug-likeness (QED) is 0.714. The first-order chi connectivity index (χ1) is 5.70. The lowest BCUT2D eigenvalue weighted by molar-refractivity contribution is 1.01. The molecular weight excluding hydrogens is 222 g/mol. The van der Waals surface area contributed by atoms with Gasteiger partial charge in [0, 0.05) is 11.1 Å². The third kappa shape index (κ3) is 0.896. The summed E-state index contributed by atoms with van der Waals surface area (Å²) in [5.41, 5.74) is 0.687. The van der Waals surface area contributed by atoms with E-state index in [1.165, 1.54) is 0 Å². The van der Waals surface area contributed by atoms with Crippen LogP contribution in [0.15, 0.2) is 15.6 Å². The number of hydrogen-bond acceptors (Lipinski definition) is 2. The molecule has 0 aliphatic heterocycles. The third-order valence-corrected chi connectivity index (χ3v) is 2.39. The Morgan fingerprint density at radius 1 is 1.58 bits per heavy atom. The van der Waals surface area contributed by atoms with E-state index >= 15 is 0 Å². The third-order valence-electron chi connectivity index (χ3n) is 1.76. The van der Waals surface area contributed by atoms with Crippen LogP contribution in [0.5, 0.6) is 0 Å². The molecule has 0 saturated carbocycles. The lowest BCUT2D eigenvalue weighted by atomic mass is 10.3. The Kier molecular flexibility index (Phi) is 1.54. The number of aromatic nitrogens is 3. The molecule has 0 unspecified atom stereocenters. The van der Waals surface area contributed by atoms with Crippen LogP contribution in [0.2, 0.25) is 0 Å². The van der Waals surface area contributed by atoms with Gasteiger partial charge in [-0.15, -0.1) is 0 Å². The largest absolute Gasteiger partial charge is 0.352 e. The zero-order valence-corrected chi connectivity index (χ0v) is 7.90. The summed E-state index contributed by atoms with van der Waals surface area (Å²) in [7, 11) is 0. The average Bonchev–Trinajstić information content (AvgIpc) is 2.29. The summed E-state index contributed by atoms with van der Waals surface area (Å²) < 4.78 is 0.800. The van der Waals surface area contributed by atoms with Gasteiger partial charge >= 0.3 is 0 Å². The Balaban J connectivity index is 3.09. The van der Waals surface area contributed by atoms with Gasteiger partial charge in [0.2, 0.25) is 0 Å². The molecular formula is C7H6BrN3O. The second-order valence-electron chi connectivity index (χ2n) is 2.55. The number of aromatic amines is 2. The fourth-order valence-corrected chi connectivity index (χ4v) is 1.83. The molecule has 2 N–H and O–H groups in total. The predicted molar refractivity (Wildman–Crippen MR) is 49.2 cm³/mol. The van der Waals surface area contributed by atoms with Crippen molar-refractivity contribution in [3.05, 3.63) is 26.8 Å². The molecule has 0 radical (unpaired) electrons. The molecule has 2 aromatic heterocycles. The number of rotatable bonds is 0. The van der Waals surface area contributed by atoms with Gasteiger partial charge in [-0.05, 0) is 22.9 Å². The Morgan fingerprint density at radius 3 is 3.00 bits per heavy atom. The van der Waals surface area contributed by atoms with Crippen LogP contribution in [0.25, 0.3) is 10.8 Å². The van der Waals surface area contributed by atoms with Gasteiger partial charge in [0.25, 0.3) is 5.56 Å². The fraction of sp³-hybridized carbons (Fsp3) is 0.143. The van der Waals surface area contributed by atoms with E-state index in [1.54, 1.807) is 6.20 Å². The smallest absolute Gasteiger partial charge is 0.273 e. The number of nitrogens with zero attached hydrogens (tertiary/aromatic N) is 1. The van der Waals surface area contributed by atoms with Gasteiger partial charge in [-0.1, -0.05) is 0 Å². The molecule has 2 rings (SSSR count). The molecule has 0 amide bonds. The van der Waals surface area contributed by atoms with Crippen molar-refractivity contribution >= 4 is 26.7 Å². The van der Waals surface area contributed by atoms with Crippen molar-refractivity contribution in [1.29, 1.82) is 0 Å². The molecule has 0 aromatic carbocycles. The van der Waals surface area contributed by atoms with Gasteiger partial charge in [-0.3, -0.25) is 4.79 Å². The van der Waals surface area contributed by atoms with Crippen LogP contribution in [0.4, 0.5) is 0 Å². The van der Waals surface area contributed by atoms with Gasteiger partial charge in [-0.25, -0.2) is 5.10 Å². The molecule has 0 spiro atoms. The van der Waals surface area contributed by atoms with Crippen LogP contribution in [-0.4, -0.2) is 15.2 Å². The van der Waals surface area contributed by atoms with Crippen molar-refractivity contribution in [1.82, 2.24) is 15.2 Å². The Hall–Kier alpha value is -1.10. The van der Waals surface area contributed by atoms with Crippen LogP contribution in [0.1, 0.15) is 5.69 Å². The Labute approximate surface area is 76.1 Å². The maximum absolute atomic E-state index is 11.3. The van der Waals surface area contributed by atoms with Crippen molar-refractivity contribution in [3.63, 3.8) is 0 Å². The Bertz CT molecular complexity index is 485. The highest BCUT2D eigenvalue weighted by Crippen LogP contribution is 2.21. The lowest BCUT2D eigenvalue weighted by Gasteiger charge is -1.86. The number of nitrogens with one attached hydrogen (secondary N) is 2. The minimum Gasteiger partial charge on any atom is -0.352 e. The van der Waals surface area contributed by atoms with E-state index in [2.05, 4.69) is 31.1 Å². The highest BCUT2D eigenvalue weighted by Gasteiger charge is 2.07. The molecule has 62 valence electrons. The average molecular weight is 228 g/mol. The second-order valence-corrected chi connectivity index (χ2v) is 3.34. The van der Waals surface area contributed by atoms with E-state index in [0.29, 0.717) is 5.39 Å². The van der Waals surface area contributed by atoms with Gasteiger partial charge in [-0.2, -0.15) is 5.10 Å². The SMILES string of the molecule is Cc1[nH]c(Br)c2cn[nH]c(=O)c12. The van der Waals surface area contributed by atoms with Crippen molar-refractivity contribution in [2.24, 2.45) is 0 Å². The number of fused-ring (bicyclic) bond motifs is 1. The molecule has 12 heavy (non-hydrogen) atoms. The number of halogens is 1. The molecule has 4 nitrogen and oxygen atoms in total. The molecule has 2 heterocycles. The summed E-state index contributed by atoms with van der Waals surface area (Å²) >= 11 is 3.30. The second kappa shape index (κ2) is 2.45. The van der Waals surface area contributed by atoms with E-state index in [4.69, 9.17) is 0 Å². The number of H-pyrrole nitrogens is 2. The molecule has 0 aliphatic carbocycles. The molecule has 5 heteroatoms. The first-order valence-electron chi connectivity index (χ1n) is 3.41. The van der Waals surface area contributed by atoms with Crippen molar-refractivity contribution in [3.8, 4) is 0 Å². The van der Waals surface area contributed by atoms with Gasteiger partial charge < -0.3 is 4.98 Å². The van der Waals surface area contributed by atoms with E-state index in [1.807, 2.05) is 6.92 Å². The van der Waals surface area contributed by atoms with Crippen molar-refractivity contribution in [2.45, 2.75) is 6.92 Å². The zero-order valence-electron chi connectivity index (χ0n) is 6.31. The number of aryl methyl sites for hydroxylation is 1. The van der Waals surface area contributed by atoms with E-state index in [9.17, 15) is 4.79 Å². The van der Waals surface area contributed by atoms with E-state index in [-0.39, 0.29) is 5.56 Å². The predicted octanol–water partition coefficient (Wildman–Crippen LogP) is 1.32. The summed E-state index contributed by atoms with van der Waals surface area (Å²) in [4.78, 5) is 14.3. The van der Waals surface area contributed by atoms with Gasteiger partial charge in [0.05, 0.1) is 16.2 Å². The molecule has 0 atom stereocenters. The van der Waals surface area contributed by atoms with Crippen molar-refractivity contribution < 1.29 is 0 Å². The summed E-state index contributed by atoms with van der Waals surface area (Å²) in [6, 6.07) is 0. The molecule has 0 aliphatic rings.